The predicted molar refractivity (Wildman–Crippen MR) is 68.7 cm³/mol. The number of aliphatic hydroxyl groups is 3. The van der Waals surface area contributed by atoms with E-state index in [4.69, 9.17) is 20.4 Å². The number of hydrogen-bond acceptors (Lipinski definition) is 5. The summed E-state index contributed by atoms with van der Waals surface area (Å²) in [5.41, 5.74) is -0.670. The van der Waals surface area contributed by atoms with Crippen LogP contribution in [0.5, 0.6) is 0 Å². The Bertz CT molecular complexity index is 425. The first-order chi connectivity index (χ1) is 8.48. The summed E-state index contributed by atoms with van der Waals surface area (Å²) in [4.78, 5) is 10.8. The fraction of sp³-hybridized carbons (Fsp3) is 0.364. The molecule has 0 atom stereocenters. The lowest BCUT2D eigenvalue weighted by Crippen LogP contribution is -2.49. The van der Waals surface area contributed by atoms with Crippen LogP contribution in [0.2, 0.25) is 0 Å². The highest BCUT2D eigenvalue weighted by molar-refractivity contribution is 9.10. The number of anilines is 1. The number of nitrogens with one attached hydrogen (secondary N) is 1. The summed E-state index contributed by atoms with van der Waals surface area (Å²) >= 11 is 3.11. The molecule has 0 aliphatic heterocycles. The van der Waals surface area contributed by atoms with Gasteiger partial charge in [-0.05, 0) is 34.1 Å². The smallest absolute Gasteiger partial charge is 0.336 e. The van der Waals surface area contributed by atoms with E-state index in [1.165, 1.54) is 18.2 Å². The number of carboxylic acid groups (broad SMARTS) is 1. The summed E-state index contributed by atoms with van der Waals surface area (Å²) in [5.74, 6) is -1.06. The zero-order chi connectivity index (χ0) is 13.8. The van der Waals surface area contributed by atoms with Gasteiger partial charge in [0.2, 0.25) is 0 Å². The molecule has 0 heterocycles. The van der Waals surface area contributed by atoms with Crippen molar-refractivity contribution < 1.29 is 25.2 Å². The summed E-state index contributed by atoms with van der Waals surface area (Å²) in [6.45, 7) is -1.38. The van der Waals surface area contributed by atoms with E-state index >= 15 is 0 Å². The number of carbonyl (C=O) groups is 1. The molecule has 0 amide bonds. The van der Waals surface area contributed by atoms with Gasteiger partial charge in [-0.2, -0.15) is 0 Å². The summed E-state index contributed by atoms with van der Waals surface area (Å²) in [6, 6.07) is 4.37. The molecule has 0 aromatic heterocycles. The van der Waals surface area contributed by atoms with Crippen LogP contribution in [0.3, 0.4) is 0 Å². The van der Waals surface area contributed by atoms with Crippen molar-refractivity contribution in [3.63, 3.8) is 0 Å². The molecule has 0 radical (unpaired) electrons. The Morgan fingerprint density at radius 2 is 1.78 bits per heavy atom. The van der Waals surface area contributed by atoms with Crippen molar-refractivity contribution in [3.05, 3.63) is 28.2 Å². The van der Waals surface area contributed by atoms with E-state index in [9.17, 15) is 4.79 Å². The first kappa shape index (κ1) is 14.9. The highest BCUT2D eigenvalue weighted by atomic mass is 79.9. The monoisotopic (exact) mass is 319 g/mol. The first-order valence-electron chi connectivity index (χ1n) is 5.11. The van der Waals surface area contributed by atoms with Crippen LogP contribution in [-0.2, 0) is 0 Å². The lowest BCUT2D eigenvalue weighted by atomic mass is 10.0. The Morgan fingerprint density at radius 3 is 2.17 bits per heavy atom. The van der Waals surface area contributed by atoms with Gasteiger partial charge in [0.05, 0.1) is 25.4 Å². The third-order valence-corrected chi connectivity index (χ3v) is 3.17. The van der Waals surface area contributed by atoms with Gasteiger partial charge in [-0.1, -0.05) is 0 Å². The number of halogens is 1. The lowest BCUT2D eigenvalue weighted by molar-refractivity contribution is 0.0695. The number of carboxylic acids is 1. The average molecular weight is 320 g/mol. The molecule has 0 saturated heterocycles. The number of aliphatic hydroxyl groups excluding tert-OH is 3. The molecule has 5 N–H and O–H groups in total. The van der Waals surface area contributed by atoms with Gasteiger partial charge in [-0.25, -0.2) is 4.79 Å². The molecule has 0 aliphatic rings. The standard InChI is InChI=1S/C11H14BrNO5/c12-9-3-7(1-2-8(9)10(17)18)13-11(4-14,5-15)6-16/h1-3,13-16H,4-6H2,(H,17,18). The fourth-order valence-corrected chi connectivity index (χ4v) is 1.89. The van der Waals surface area contributed by atoms with Crippen LogP contribution in [0.25, 0.3) is 0 Å². The minimum atomic E-state index is -1.25. The molecular formula is C11H14BrNO5. The highest BCUT2D eigenvalue weighted by Crippen LogP contribution is 2.23. The number of rotatable bonds is 6. The zero-order valence-corrected chi connectivity index (χ0v) is 11.0. The van der Waals surface area contributed by atoms with Crippen molar-refractivity contribution in [2.45, 2.75) is 5.54 Å². The Kier molecular flexibility index (Phi) is 5.09. The summed E-state index contributed by atoms with van der Waals surface area (Å²) in [6.07, 6.45) is 0. The fourth-order valence-electron chi connectivity index (χ4n) is 1.34. The summed E-state index contributed by atoms with van der Waals surface area (Å²) in [5, 5.41) is 39.1. The van der Waals surface area contributed by atoms with Crippen LogP contribution in [0.1, 0.15) is 10.4 Å². The Balaban J connectivity index is 2.98. The van der Waals surface area contributed by atoms with E-state index in [0.29, 0.717) is 10.2 Å². The van der Waals surface area contributed by atoms with Crippen molar-refractivity contribution in [1.82, 2.24) is 0 Å². The quantitative estimate of drug-likeness (QED) is 0.515. The Hall–Kier alpha value is -1.15. The van der Waals surface area contributed by atoms with Crippen LogP contribution >= 0.6 is 15.9 Å². The van der Waals surface area contributed by atoms with E-state index in [1.807, 2.05) is 0 Å². The maximum Gasteiger partial charge on any atom is 0.336 e. The van der Waals surface area contributed by atoms with E-state index in [0.717, 1.165) is 0 Å². The molecule has 0 unspecified atom stereocenters. The van der Waals surface area contributed by atoms with Gasteiger partial charge in [0, 0.05) is 10.2 Å². The van der Waals surface area contributed by atoms with Crippen LogP contribution in [0.4, 0.5) is 5.69 Å². The van der Waals surface area contributed by atoms with Crippen LogP contribution in [0.15, 0.2) is 22.7 Å². The number of hydrogen-bond donors (Lipinski definition) is 5. The van der Waals surface area contributed by atoms with Gasteiger partial charge in [0.25, 0.3) is 0 Å². The minimum absolute atomic E-state index is 0.100. The third kappa shape index (κ3) is 3.20. The second-order valence-corrected chi connectivity index (χ2v) is 4.73. The molecule has 1 rings (SSSR count). The average Bonchev–Trinajstić information content (AvgIpc) is 2.36. The van der Waals surface area contributed by atoms with E-state index in [1.54, 1.807) is 0 Å². The number of aromatic carboxylic acids is 1. The molecule has 0 saturated carbocycles. The van der Waals surface area contributed by atoms with Crippen molar-refractivity contribution in [2.75, 3.05) is 25.1 Å². The van der Waals surface area contributed by atoms with E-state index < -0.39 is 31.3 Å². The van der Waals surface area contributed by atoms with Crippen molar-refractivity contribution in [2.24, 2.45) is 0 Å². The zero-order valence-electron chi connectivity index (χ0n) is 9.43. The normalized spacial score (nSPS) is 11.3. The van der Waals surface area contributed by atoms with Crippen molar-refractivity contribution in [3.8, 4) is 0 Å². The van der Waals surface area contributed by atoms with Gasteiger partial charge in [0.15, 0.2) is 0 Å². The molecule has 1 aromatic carbocycles. The second-order valence-electron chi connectivity index (χ2n) is 3.88. The molecule has 18 heavy (non-hydrogen) atoms. The van der Waals surface area contributed by atoms with Crippen molar-refractivity contribution >= 4 is 27.6 Å². The van der Waals surface area contributed by atoms with Crippen LogP contribution in [0, 0.1) is 0 Å². The van der Waals surface area contributed by atoms with E-state index in [-0.39, 0.29) is 5.56 Å². The van der Waals surface area contributed by atoms with Crippen LogP contribution < -0.4 is 5.32 Å². The van der Waals surface area contributed by atoms with Gasteiger partial charge >= 0.3 is 5.97 Å². The molecule has 6 nitrogen and oxygen atoms in total. The molecule has 7 heteroatoms. The van der Waals surface area contributed by atoms with Crippen molar-refractivity contribution in [1.29, 1.82) is 0 Å². The maximum absolute atomic E-state index is 10.8. The Morgan fingerprint density at radius 1 is 1.22 bits per heavy atom. The van der Waals surface area contributed by atoms with E-state index in [2.05, 4.69) is 21.2 Å². The van der Waals surface area contributed by atoms with Gasteiger partial charge in [-0.3, -0.25) is 0 Å². The molecular weight excluding hydrogens is 306 g/mol. The highest BCUT2D eigenvalue weighted by Gasteiger charge is 2.27. The summed E-state index contributed by atoms with van der Waals surface area (Å²) < 4.78 is 0.364. The largest absolute Gasteiger partial charge is 0.478 e. The van der Waals surface area contributed by atoms with Gasteiger partial charge in [-0.15, -0.1) is 0 Å². The van der Waals surface area contributed by atoms with Crippen LogP contribution in [-0.4, -0.2) is 51.8 Å². The summed E-state index contributed by atoms with van der Waals surface area (Å²) in [7, 11) is 0. The second kappa shape index (κ2) is 6.14. The molecule has 0 fully saturated rings. The topological polar surface area (TPSA) is 110 Å². The number of benzene rings is 1. The maximum atomic E-state index is 10.8. The molecule has 100 valence electrons. The third-order valence-electron chi connectivity index (χ3n) is 2.52. The van der Waals surface area contributed by atoms with Gasteiger partial charge in [0.1, 0.15) is 5.54 Å². The molecule has 0 aliphatic carbocycles. The lowest BCUT2D eigenvalue weighted by Gasteiger charge is -2.30. The predicted octanol–water partition coefficient (Wildman–Crippen LogP) is 0.275. The Labute approximate surface area is 112 Å². The molecule has 0 spiro atoms. The molecule has 0 bridgehead atoms. The minimum Gasteiger partial charge on any atom is -0.478 e. The SMILES string of the molecule is O=C(O)c1ccc(NC(CO)(CO)CO)cc1Br. The van der Waals surface area contributed by atoms with Gasteiger partial charge < -0.3 is 25.7 Å². The molecule has 1 aromatic rings. The first-order valence-corrected chi connectivity index (χ1v) is 5.91.